The first kappa shape index (κ1) is 24.9. The van der Waals surface area contributed by atoms with Crippen molar-refractivity contribution < 1.29 is 28.2 Å². The van der Waals surface area contributed by atoms with Gasteiger partial charge >= 0.3 is 0 Å². The number of halogens is 1. The number of hydrogen-bond donors (Lipinski definition) is 0. The Bertz CT molecular complexity index is 1240. The molecule has 0 N–H and O–H groups in total. The lowest BCUT2D eigenvalue weighted by Crippen LogP contribution is -2.45. The standard InChI is InChI=1S/C28H27FN2O5/c1-3-15-36-24-13-9-22(10-14-24)31-26(32)17-25(28(31)34)30(18-19-7-11-23(35-2)12-8-19)27(33)20-5-4-6-21(29)16-20/h4-14,16,25H,3,15,17-18H2,1-2H3/t25-/m1/s1. The predicted octanol–water partition coefficient (Wildman–Crippen LogP) is 4.60. The number of benzene rings is 3. The highest BCUT2D eigenvalue weighted by molar-refractivity contribution is 6.23. The van der Waals surface area contributed by atoms with Gasteiger partial charge in [0.05, 0.1) is 25.8 Å². The Kier molecular flexibility index (Phi) is 7.63. The van der Waals surface area contributed by atoms with E-state index in [2.05, 4.69) is 0 Å². The van der Waals surface area contributed by atoms with Gasteiger partial charge in [-0.25, -0.2) is 9.29 Å². The molecule has 0 saturated carbocycles. The number of rotatable bonds is 9. The summed E-state index contributed by atoms with van der Waals surface area (Å²) in [5.74, 6) is -0.753. The Labute approximate surface area is 209 Å². The van der Waals surface area contributed by atoms with Crippen LogP contribution >= 0.6 is 0 Å². The number of imide groups is 1. The Morgan fingerprint density at radius 2 is 1.72 bits per heavy atom. The Balaban J connectivity index is 1.63. The van der Waals surface area contributed by atoms with E-state index in [0.29, 0.717) is 23.8 Å². The van der Waals surface area contributed by atoms with E-state index in [1.165, 1.54) is 23.1 Å². The summed E-state index contributed by atoms with van der Waals surface area (Å²) in [6.07, 6.45) is 0.681. The number of amides is 3. The zero-order chi connectivity index (χ0) is 25.7. The van der Waals surface area contributed by atoms with E-state index in [0.717, 1.165) is 23.0 Å². The summed E-state index contributed by atoms with van der Waals surface area (Å²) in [6, 6.07) is 18.0. The molecule has 4 rings (SSSR count). The molecule has 0 unspecified atom stereocenters. The molecule has 1 saturated heterocycles. The van der Waals surface area contributed by atoms with Crippen LogP contribution in [0.1, 0.15) is 35.7 Å². The summed E-state index contributed by atoms with van der Waals surface area (Å²) in [5, 5.41) is 0. The second-order valence-corrected chi connectivity index (χ2v) is 8.42. The van der Waals surface area contributed by atoms with E-state index in [1.54, 1.807) is 55.6 Å². The topological polar surface area (TPSA) is 76.2 Å². The Morgan fingerprint density at radius 3 is 2.36 bits per heavy atom. The highest BCUT2D eigenvalue weighted by Crippen LogP contribution is 2.29. The van der Waals surface area contributed by atoms with Gasteiger partial charge in [0.25, 0.3) is 11.8 Å². The van der Waals surface area contributed by atoms with Crippen molar-refractivity contribution in [3.63, 3.8) is 0 Å². The predicted molar refractivity (Wildman–Crippen MR) is 132 cm³/mol. The summed E-state index contributed by atoms with van der Waals surface area (Å²) in [5.41, 5.74) is 1.23. The number of anilines is 1. The molecule has 0 spiro atoms. The molecule has 1 atom stereocenters. The highest BCUT2D eigenvalue weighted by Gasteiger charge is 2.44. The van der Waals surface area contributed by atoms with Gasteiger partial charge in [-0.1, -0.05) is 25.1 Å². The van der Waals surface area contributed by atoms with E-state index < -0.39 is 29.6 Å². The largest absolute Gasteiger partial charge is 0.497 e. The van der Waals surface area contributed by atoms with Crippen molar-refractivity contribution in [2.75, 3.05) is 18.6 Å². The fraction of sp³-hybridized carbons (Fsp3) is 0.250. The molecule has 1 aliphatic heterocycles. The third-order valence-corrected chi connectivity index (χ3v) is 5.91. The van der Waals surface area contributed by atoms with E-state index >= 15 is 0 Å². The van der Waals surface area contributed by atoms with E-state index in [4.69, 9.17) is 9.47 Å². The van der Waals surface area contributed by atoms with Crippen molar-refractivity contribution in [1.29, 1.82) is 0 Å². The molecular weight excluding hydrogens is 463 g/mol. The maximum Gasteiger partial charge on any atom is 0.257 e. The lowest BCUT2D eigenvalue weighted by Gasteiger charge is -2.28. The monoisotopic (exact) mass is 490 g/mol. The summed E-state index contributed by atoms with van der Waals surface area (Å²) in [6.45, 7) is 2.62. The Hall–Kier alpha value is -4.20. The molecular formula is C28H27FN2O5. The van der Waals surface area contributed by atoms with E-state index in [-0.39, 0.29) is 18.5 Å². The lowest BCUT2D eigenvalue weighted by atomic mass is 10.1. The van der Waals surface area contributed by atoms with E-state index in [1.807, 2.05) is 6.92 Å². The van der Waals surface area contributed by atoms with Crippen molar-refractivity contribution in [3.8, 4) is 11.5 Å². The van der Waals surface area contributed by atoms with Crippen LogP contribution in [0.4, 0.5) is 10.1 Å². The fourth-order valence-electron chi connectivity index (χ4n) is 4.08. The maximum atomic E-state index is 13.9. The molecule has 0 aromatic heterocycles. The molecule has 186 valence electrons. The quantitative estimate of drug-likeness (QED) is 0.410. The van der Waals surface area contributed by atoms with Crippen molar-refractivity contribution in [2.45, 2.75) is 32.4 Å². The van der Waals surface area contributed by atoms with Crippen LogP contribution in [0.2, 0.25) is 0 Å². The zero-order valence-electron chi connectivity index (χ0n) is 20.1. The number of carbonyl (C=O) groups excluding carboxylic acids is 3. The molecule has 1 heterocycles. The van der Waals surface area contributed by atoms with Crippen LogP contribution < -0.4 is 14.4 Å². The van der Waals surface area contributed by atoms with Crippen LogP contribution in [-0.2, 0) is 16.1 Å². The summed E-state index contributed by atoms with van der Waals surface area (Å²) in [4.78, 5) is 42.4. The number of carbonyl (C=O) groups is 3. The zero-order valence-corrected chi connectivity index (χ0v) is 20.1. The van der Waals surface area contributed by atoms with Crippen molar-refractivity contribution in [2.24, 2.45) is 0 Å². The van der Waals surface area contributed by atoms with Gasteiger partial charge in [-0.2, -0.15) is 0 Å². The molecule has 3 amide bonds. The lowest BCUT2D eigenvalue weighted by molar-refractivity contribution is -0.122. The molecule has 7 nitrogen and oxygen atoms in total. The number of nitrogens with zero attached hydrogens (tertiary/aromatic N) is 2. The first-order valence-electron chi connectivity index (χ1n) is 11.7. The SMILES string of the molecule is CCCOc1ccc(N2C(=O)C[C@@H](N(Cc3ccc(OC)cc3)C(=O)c3cccc(F)c3)C2=O)cc1. The van der Waals surface area contributed by atoms with Crippen molar-refractivity contribution >= 4 is 23.4 Å². The van der Waals surface area contributed by atoms with Gasteiger partial charge < -0.3 is 14.4 Å². The minimum atomic E-state index is -1.04. The molecule has 8 heteroatoms. The summed E-state index contributed by atoms with van der Waals surface area (Å²) >= 11 is 0. The third-order valence-electron chi connectivity index (χ3n) is 5.91. The average molecular weight is 491 g/mol. The third kappa shape index (κ3) is 5.38. The van der Waals surface area contributed by atoms with Crippen LogP contribution in [0, 0.1) is 5.82 Å². The van der Waals surface area contributed by atoms with Crippen LogP contribution in [0.5, 0.6) is 11.5 Å². The minimum absolute atomic E-state index is 0.0562. The molecule has 0 aliphatic carbocycles. The first-order chi connectivity index (χ1) is 17.4. The molecule has 36 heavy (non-hydrogen) atoms. The molecule has 1 fully saturated rings. The highest BCUT2D eigenvalue weighted by atomic mass is 19.1. The van der Waals surface area contributed by atoms with Crippen LogP contribution in [-0.4, -0.2) is 42.4 Å². The summed E-state index contributed by atoms with van der Waals surface area (Å²) in [7, 11) is 1.55. The Morgan fingerprint density at radius 1 is 1.03 bits per heavy atom. The van der Waals surface area contributed by atoms with Gasteiger partial charge in [0.2, 0.25) is 5.91 Å². The van der Waals surface area contributed by atoms with Crippen LogP contribution in [0.3, 0.4) is 0 Å². The maximum absolute atomic E-state index is 13.9. The second kappa shape index (κ2) is 11.0. The fourth-order valence-corrected chi connectivity index (χ4v) is 4.08. The number of methoxy groups -OCH3 is 1. The van der Waals surface area contributed by atoms with Gasteiger partial charge in [-0.05, 0) is 66.6 Å². The van der Waals surface area contributed by atoms with Gasteiger partial charge in [0.15, 0.2) is 0 Å². The number of hydrogen-bond acceptors (Lipinski definition) is 5. The second-order valence-electron chi connectivity index (χ2n) is 8.42. The average Bonchev–Trinajstić information content (AvgIpc) is 3.19. The van der Waals surface area contributed by atoms with Crippen molar-refractivity contribution in [1.82, 2.24) is 4.90 Å². The number of ether oxygens (including phenoxy) is 2. The molecule has 0 bridgehead atoms. The first-order valence-corrected chi connectivity index (χ1v) is 11.7. The molecule has 3 aromatic rings. The normalized spacial score (nSPS) is 15.2. The van der Waals surface area contributed by atoms with Gasteiger partial charge in [0, 0.05) is 12.1 Å². The molecule has 3 aromatic carbocycles. The minimum Gasteiger partial charge on any atom is -0.497 e. The summed E-state index contributed by atoms with van der Waals surface area (Å²) < 4.78 is 24.7. The van der Waals surface area contributed by atoms with Gasteiger partial charge in [-0.15, -0.1) is 0 Å². The van der Waals surface area contributed by atoms with Crippen molar-refractivity contribution in [3.05, 3.63) is 89.7 Å². The van der Waals surface area contributed by atoms with E-state index in [9.17, 15) is 18.8 Å². The van der Waals surface area contributed by atoms with Gasteiger partial charge in [-0.3, -0.25) is 14.4 Å². The van der Waals surface area contributed by atoms with Crippen LogP contribution in [0.25, 0.3) is 0 Å². The molecule has 1 aliphatic rings. The van der Waals surface area contributed by atoms with Gasteiger partial charge in [0.1, 0.15) is 23.4 Å². The molecule has 0 radical (unpaired) electrons. The van der Waals surface area contributed by atoms with Crippen LogP contribution in [0.15, 0.2) is 72.8 Å². The smallest absolute Gasteiger partial charge is 0.257 e.